The Bertz CT molecular complexity index is 721. The number of alkyl halides is 3. The van der Waals surface area contributed by atoms with Crippen molar-refractivity contribution in [2.45, 2.75) is 19.1 Å². The Hall–Kier alpha value is -1.04. The SMILES string of the molecule is CN=C(NCC1CCS(=O)(=O)C1)N(C)Cc1ccc(C(F)(F)F)cc1.I. The van der Waals surface area contributed by atoms with E-state index in [-0.39, 0.29) is 41.4 Å². The zero-order valence-corrected chi connectivity index (χ0v) is 17.7. The molecule has 1 atom stereocenters. The van der Waals surface area contributed by atoms with Gasteiger partial charge >= 0.3 is 6.18 Å². The summed E-state index contributed by atoms with van der Waals surface area (Å²) < 4.78 is 60.7. The summed E-state index contributed by atoms with van der Waals surface area (Å²) in [4.78, 5) is 5.92. The highest BCUT2D eigenvalue weighted by Gasteiger charge is 2.30. The number of aliphatic imine (C=N–C) groups is 1. The van der Waals surface area contributed by atoms with Crippen molar-refractivity contribution in [1.82, 2.24) is 10.2 Å². The van der Waals surface area contributed by atoms with Crippen LogP contribution in [-0.2, 0) is 22.6 Å². The van der Waals surface area contributed by atoms with Crippen molar-refractivity contribution in [2.24, 2.45) is 10.9 Å². The molecule has 0 radical (unpaired) electrons. The maximum atomic E-state index is 12.6. The van der Waals surface area contributed by atoms with Crippen LogP contribution < -0.4 is 5.32 Å². The summed E-state index contributed by atoms with van der Waals surface area (Å²) in [5.41, 5.74) is 0.0470. The summed E-state index contributed by atoms with van der Waals surface area (Å²) in [6, 6.07) is 5.00. The van der Waals surface area contributed by atoms with Crippen LogP contribution in [0, 0.1) is 5.92 Å². The van der Waals surface area contributed by atoms with Gasteiger partial charge in [-0.2, -0.15) is 13.2 Å². The number of sulfone groups is 1. The third-order valence-corrected chi connectivity index (χ3v) is 5.99. The summed E-state index contributed by atoms with van der Waals surface area (Å²) in [6.45, 7) is 0.893. The van der Waals surface area contributed by atoms with Gasteiger partial charge in [0.1, 0.15) is 0 Å². The molecule has 148 valence electrons. The van der Waals surface area contributed by atoms with E-state index in [0.717, 1.165) is 17.7 Å². The van der Waals surface area contributed by atoms with Gasteiger partial charge in [0.05, 0.1) is 17.1 Å². The number of hydrogen-bond donors (Lipinski definition) is 1. The Morgan fingerprint density at radius 1 is 1.31 bits per heavy atom. The molecule has 1 aromatic carbocycles. The van der Waals surface area contributed by atoms with Crippen LogP contribution in [0.15, 0.2) is 29.3 Å². The Kier molecular flexibility index (Phi) is 8.18. The van der Waals surface area contributed by atoms with Crippen molar-refractivity contribution in [3.63, 3.8) is 0 Å². The average Bonchev–Trinajstić information content (AvgIpc) is 2.87. The van der Waals surface area contributed by atoms with Crippen LogP contribution in [0.3, 0.4) is 0 Å². The minimum atomic E-state index is -4.34. The lowest BCUT2D eigenvalue weighted by Gasteiger charge is -2.23. The minimum Gasteiger partial charge on any atom is -0.356 e. The topological polar surface area (TPSA) is 61.8 Å². The van der Waals surface area contributed by atoms with Crippen LogP contribution in [-0.4, -0.2) is 51.4 Å². The van der Waals surface area contributed by atoms with Gasteiger partial charge < -0.3 is 10.2 Å². The van der Waals surface area contributed by atoms with E-state index in [4.69, 9.17) is 0 Å². The molecule has 0 saturated carbocycles. The van der Waals surface area contributed by atoms with Gasteiger partial charge in [-0.05, 0) is 30.0 Å². The molecule has 1 aromatic rings. The van der Waals surface area contributed by atoms with Crippen LogP contribution in [0.5, 0.6) is 0 Å². The molecule has 5 nitrogen and oxygen atoms in total. The first-order valence-corrected chi connectivity index (χ1v) is 9.71. The summed E-state index contributed by atoms with van der Waals surface area (Å²) >= 11 is 0. The lowest BCUT2D eigenvalue weighted by molar-refractivity contribution is -0.137. The predicted octanol–water partition coefficient (Wildman–Crippen LogP) is 2.77. The molecule has 0 aromatic heterocycles. The van der Waals surface area contributed by atoms with Crippen molar-refractivity contribution >= 4 is 39.8 Å². The average molecular weight is 505 g/mol. The number of halogens is 4. The maximum Gasteiger partial charge on any atom is 0.416 e. The van der Waals surface area contributed by atoms with E-state index >= 15 is 0 Å². The van der Waals surface area contributed by atoms with Gasteiger partial charge in [0, 0.05) is 27.2 Å². The second kappa shape index (κ2) is 9.25. The van der Waals surface area contributed by atoms with Gasteiger partial charge in [0.25, 0.3) is 0 Å². The number of nitrogens with zero attached hydrogens (tertiary/aromatic N) is 2. The molecule has 1 N–H and O–H groups in total. The van der Waals surface area contributed by atoms with E-state index in [1.807, 2.05) is 0 Å². The highest BCUT2D eigenvalue weighted by atomic mass is 127. The van der Waals surface area contributed by atoms with Crippen LogP contribution in [0.2, 0.25) is 0 Å². The van der Waals surface area contributed by atoms with Gasteiger partial charge in [-0.3, -0.25) is 4.99 Å². The molecule has 26 heavy (non-hydrogen) atoms. The molecule has 1 aliphatic rings. The Balaban J connectivity index is 0.00000338. The molecular weight excluding hydrogens is 482 g/mol. The largest absolute Gasteiger partial charge is 0.416 e. The molecule has 0 spiro atoms. The molecule has 2 rings (SSSR count). The number of nitrogens with one attached hydrogen (secondary N) is 1. The third kappa shape index (κ3) is 6.60. The summed E-state index contributed by atoms with van der Waals surface area (Å²) in [7, 11) is 0.464. The van der Waals surface area contributed by atoms with Gasteiger partial charge in [-0.1, -0.05) is 12.1 Å². The summed E-state index contributed by atoms with van der Waals surface area (Å²) in [5.74, 6) is 1.03. The van der Waals surface area contributed by atoms with Crippen LogP contribution in [0.4, 0.5) is 13.2 Å². The van der Waals surface area contributed by atoms with Crippen molar-refractivity contribution in [1.29, 1.82) is 0 Å². The quantitative estimate of drug-likeness (QED) is 0.389. The predicted molar refractivity (Wildman–Crippen MR) is 106 cm³/mol. The second-order valence-corrected chi connectivity index (χ2v) is 8.48. The Morgan fingerprint density at radius 3 is 2.38 bits per heavy atom. The van der Waals surface area contributed by atoms with Crippen LogP contribution in [0.25, 0.3) is 0 Å². The molecular formula is C16H23F3IN3O2S. The van der Waals surface area contributed by atoms with Crippen molar-refractivity contribution in [3.8, 4) is 0 Å². The van der Waals surface area contributed by atoms with E-state index in [9.17, 15) is 21.6 Å². The zero-order chi connectivity index (χ0) is 18.7. The van der Waals surface area contributed by atoms with E-state index in [1.165, 1.54) is 12.1 Å². The number of hydrogen-bond acceptors (Lipinski definition) is 3. The lowest BCUT2D eigenvalue weighted by Crippen LogP contribution is -2.40. The van der Waals surface area contributed by atoms with Gasteiger partial charge in [0.15, 0.2) is 15.8 Å². The highest BCUT2D eigenvalue weighted by molar-refractivity contribution is 14.0. The van der Waals surface area contributed by atoms with Crippen molar-refractivity contribution in [2.75, 3.05) is 32.1 Å². The van der Waals surface area contributed by atoms with Gasteiger partial charge in [-0.15, -0.1) is 24.0 Å². The number of guanidine groups is 1. The molecule has 1 heterocycles. The normalized spacial score (nSPS) is 19.7. The fourth-order valence-electron chi connectivity index (χ4n) is 2.80. The fourth-order valence-corrected chi connectivity index (χ4v) is 4.66. The number of benzene rings is 1. The lowest BCUT2D eigenvalue weighted by atomic mass is 10.1. The molecule has 1 unspecified atom stereocenters. The molecule has 0 amide bonds. The first-order chi connectivity index (χ1) is 11.6. The maximum absolute atomic E-state index is 12.6. The van der Waals surface area contributed by atoms with Crippen molar-refractivity contribution in [3.05, 3.63) is 35.4 Å². The molecule has 0 aliphatic carbocycles. The minimum absolute atomic E-state index is 0. The summed E-state index contributed by atoms with van der Waals surface area (Å²) in [6.07, 6.45) is -3.71. The highest BCUT2D eigenvalue weighted by Crippen LogP contribution is 2.29. The second-order valence-electron chi connectivity index (χ2n) is 6.25. The standard InChI is InChI=1S/C16H22F3N3O2S.HI/c1-20-15(21-9-13-7-8-25(23,24)11-13)22(2)10-12-3-5-14(6-4-12)16(17,18)19;/h3-6,13H,7-11H2,1-2H3,(H,20,21);1H. The van der Waals surface area contributed by atoms with E-state index in [1.54, 1.807) is 19.0 Å². The smallest absolute Gasteiger partial charge is 0.356 e. The summed E-state index contributed by atoms with van der Waals surface area (Å²) in [5, 5.41) is 3.14. The molecule has 1 saturated heterocycles. The van der Waals surface area contributed by atoms with Gasteiger partial charge in [0.2, 0.25) is 0 Å². The van der Waals surface area contributed by atoms with Crippen molar-refractivity contribution < 1.29 is 21.6 Å². The molecule has 1 aliphatic heterocycles. The third-order valence-electron chi connectivity index (χ3n) is 4.15. The van der Waals surface area contributed by atoms with E-state index in [0.29, 0.717) is 25.5 Å². The Labute approximate surface area is 169 Å². The molecule has 0 bridgehead atoms. The molecule has 10 heteroatoms. The van der Waals surface area contributed by atoms with Gasteiger partial charge in [-0.25, -0.2) is 8.42 Å². The van der Waals surface area contributed by atoms with E-state index < -0.39 is 21.6 Å². The monoisotopic (exact) mass is 505 g/mol. The van der Waals surface area contributed by atoms with Crippen LogP contribution in [0.1, 0.15) is 17.5 Å². The fraction of sp³-hybridized carbons (Fsp3) is 0.562. The van der Waals surface area contributed by atoms with E-state index in [2.05, 4.69) is 10.3 Å². The molecule has 1 fully saturated rings. The Morgan fingerprint density at radius 2 is 1.92 bits per heavy atom. The first kappa shape index (κ1) is 23.0. The van der Waals surface area contributed by atoms with Crippen LogP contribution >= 0.6 is 24.0 Å². The number of rotatable bonds is 4. The first-order valence-electron chi connectivity index (χ1n) is 7.89. The zero-order valence-electron chi connectivity index (χ0n) is 14.6.